The van der Waals surface area contributed by atoms with Gasteiger partial charge < -0.3 is 16.0 Å². The third-order valence-corrected chi connectivity index (χ3v) is 3.78. The summed E-state index contributed by atoms with van der Waals surface area (Å²) in [5.74, 6) is 1.01. The number of hydrogen-bond donors (Lipinski definition) is 3. The SMILES string of the molecule is Cc1cc(CNc2ccnc(N)n2)c2[nH]c(C)c(C)c2c1. The molecule has 0 aliphatic rings. The van der Waals surface area contributed by atoms with Crippen LogP contribution in [-0.4, -0.2) is 15.0 Å². The van der Waals surface area contributed by atoms with Crippen molar-refractivity contribution in [3.05, 3.63) is 46.8 Å². The van der Waals surface area contributed by atoms with Gasteiger partial charge in [-0.05, 0) is 44.0 Å². The molecule has 0 saturated heterocycles. The largest absolute Gasteiger partial charge is 0.368 e. The highest BCUT2D eigenvalue weighted by Gasteiger charge is 2.09. The Bertz CT molecular complexity index is 804. The third-order valence-electron chi connectivity index (χ3n) is 3.78. The number of nitrogens with one attached hydrogen (secondary N) is 2. The van der Waals surface area contributed by atoms with Crippen LogP contribution in [0.2, 0.25) is 0 Å². The lowest BCUT2D eigenvalue weighted by Crippen LogP contribution is -2.04. The standard InChI is InChI=1S/C16H19N5/c1-9-6-12(8-19-14-4-5-18-16(17)21-14)15-13(7-9)10(2)11(3)20-15/h4-7,20H,8H2,1-3H3,(H3,17,18,19,21). The van der Waals surface area contributed by atoms with Gasteiger partial charge in [-0.2, -0.15) is 4.98 Å². The van der Waals surface area contributed by atoms with Crippen LogP contribution in [0.15, 0.2) is 24.4 Å². The van der Waals surface area contributed by atoms with E-state index in [1.807, 2.05) is 6.07 Å². The van der Waals surface area contributed by atoms with E-state index in [4.69, 9.17) is 5.73 Å². The number of H-pyrrole nitrogens is 1. The van der Waals surface area contributed by atoms with Gasteiger partial charge in [0.05, 0.1) is 5.52 Å². The predicted molar refractivity (Wildman–Crippen MR) is 86.3 cm³/mol. The zero-order valence-electron chi connectivity index (χ0n) is 12.5. The van der Waals surface area contributed by atoms with Gasteiger partial charge in [0.25, 0.3) is 0 Å². The van der Waals surface area contributed by atoms with E-state index in [0.717, 1.165) is 5.82 Å². The first-order chi connectivity index (χ1) is 10.0. The van der Waals surface area contributed by atoms with Crippen LogP contribution in [0.1, 0.15) is 22.4 Å². The summed E-state index contributed by atoms with van der Waals surface area (Å²) in [5.41, 5.74) is 11.8. The molecule has 3 rings (SSSR count). The minimum atomic E-state index is 0.279. The number of anilines is 2. The number of benzene rings is 1. The average molecular weight is 281 g/mol. The summed E-state index contributed by atoms with van der Waals surface area (Å²) < 4.78 is 0. The minimum absolute atomic E-state index is 0.279. The molecule has 108 valence electrons. The number of nitrogens with two attached hydrogens (primary N) is 1. The fourth-order valence-electron chi connectivity index (χ4n) is 2.59. The number of aryl methyl sites for hydroxylation is 3. The number of fused-ring (bicyclic) bond motifs is 1. The lowest BCUT2D eigenvalue weighted by molar-refractivity contribution is 1.09. The van der Waals surface area contributed by atoms with Gasteiger partial charge in [-0.15, -0.1) is 0 Å². The number of aromatic nitrogens is 3. The van der Waals surface area contributed by atoms with Gasteiger partial charge in [0.1, 0.15) is 5.82 Å². The average Bonchev–Trinajstić information content (AvgIpc) is 2.73. The van der Waals surface area contributed by atoms with E-state index in [2.05, 4.69) is 53.2 Å². The van der Waals surface area contributed by atoms with E-state index in [0.29, 0.717) is 6.54 Å². The van der Waals surface area contributed by atoms with Crippen LogP contribution in [0.5, 0.6) is 0 Å². The highest BCUT2D eigenvalue weighted by molar-refractivity contribution is 5.88. The lowest BCUT2D eigenvalue weighted by Gasteiger charge is -2.08. The molecule has 1 aromatic carbocycles. The Morgan fingerprint density at radius 3 is 2.81 bits per heavy atom. The minimum Gasteiger partial charge on any atom is -0.368 e. The summed E-state index contributed by atoms with van der Waals surface area (Å²) in [6.45, 7) is 7.06. The third kappa shape index (κ3) is 2.54. The van der Waals surface area contributed by atoms with Crippen molar-refractivity contribution in [1.82, 2.24) is 15.0 Å². The van der Waals surface area contributed by atoms with E-state index in [9.17, 15) is 0 Å². The monoisotopic (exact) mass is 281 g/mol. The van der Waals surface area contributed by atoms with Gasteiger partial charge in [0.2, 0.25) is 5.95 Å². The Labute approximate surface area is 123 Å². The molecule has 0 saturated carbocycles. The van der Waals surface area contributed by atoms with E-state index < -0.39 is 0 Å². The van der Waals surface area contributed by atoms with Gasteiger partial charge in [-0.25, -0.2) is 4.98 Å². The maximum Gasteiger partial charge on any atom is 0.221 e. The molecule has 3 aromatic rings. The zero-order valence-corrected chi connectivity index (χ0v) is 12.5. The van der Waals surface area contributed by atoms with Gasteiger partial charge in [0, 0.05) is 23.8 Å². The molecule has 0 atom stereocenters. The highest BCUT2D eigenvalue weighted by Crippen LogP contribution is 2.26. The normalized spacial score (nSPS) is 11.0. The van der Waals surface area contributed by atoms with Crippen LogP contribution in [0.25, 0.3) is 10.9 Å². The summed E-state index contributed by atoms with van der Waals surface area (Å²) >= 11 is 0. The molecule has 2 heterocycles. The molecule has 0 radical (unpaired) electrons. The lowest BCUT2D eigenvalue weighted by atomic mass is 10.0. The Hall–Kier alpha value is -2.56. The van der Waals surface area contributed by atoms with Crippen molar-refractivity contribution < 1.29 is 0 Å². The molecule has 4 N–H and O–H groups in total. The fraction of sp³-hybridized carbons (Fsp3) is 0.250. The Morgan fingerprint density at radius 1 is 1.24 bits per heavy atom. The van der Waals surface area contributed by atoms with Crippen LogP contribution in [0.4, 0.5) is 11.8 Å². The summed E-state index contributed by atoms with van der Waals surface area (Å²) in [4.78, 5) is 11.5. The van der Waals surface area contributed by atoms with Gasteiger partial charge >= 0.3 is 0 Å². The molecule has 5 heteroatoms. The molecule has 0 spiro atoms. The first kappa shape index (κ1) is 13.4. The number of hydrogen-bond acceptors (Lipinski definition) is 4. The molecular weight excluding hydrogens is 262 g/mol. The maximum absolute atomic E-state index is 5.60. The molecule has 0 aliphatic heterocycles. The van der Waals surface area contributed by atoms with Crippen LogP contribution >= 0.6 is 0 Å². The molecule has 0 aliphatic carbocycles. The van der Waals surface area contributed by atoms with Crippen molar-refractivity contribution in [2.45, 2.75) is 27.3 Å². The predicted octanol–water partition coefficient (Wildman–Crippen LogP) is 3.08. The Kier molecular flexibility index (Phi) is 3.25. The maximum atomic E-state index is 5.60. The molecule has 0 amide bonds. The molecule has 2 aromatic heterocycles. The van der Waals surface area contributed by atoms with Crippen LogP contribution < -0.4 is 11.1 Å². The summed E-state index contributed by atoms with van der Waals surface area (Å²) in [7, 11) is 0. The van der Waals surface area contributed by atoms with Gasteiger partial charge in [-0.1, -0.05) is 11.6 Å². The van der Waals surface area contributed by atoms with E-state index in [-0.39, 0.29) is 5.95 Å². The molecule has 5 nitrogen and oxygen atoms in total. The van der Waals surface area contributed by atoms with Crippen molar-refractivity contribution >= 4 is 22.7 Å². The van der Waals surface area contributed by atoms with Crippen LogP contribution in [0.3, 0.4) is 0 Å². The summed E-state index contributed by atoms with van der Waals surface area (Å²) in [6.07, 6.45) is 1.65. The first-order valence-corrected chi connectivity index (χ1v) is 6.95. The molecular formula is C16H19N5. The van der Waals surface area contributed by atoms with E-state index >= 15 is 0 Å². The van der Waals surface area contributed by atoms with Gasteiger partial charge in [0.15, 0.2) is 0 Å². The number of nitrogen functional groups attached to an aromatic ring is 1. The number of nitrogens with zero attached hydrogens (tertiary/aromatic N) is 2. The van der Waals surface area contributed by atoms with Crippen LogP contribution in [0, 0.1) is 20.8 Å². The van der Waals surface area contributed by atoms with Crippen LogP contribution in [-0.2, 0) is 6.54 Å². The number of aromatic amines is 1. The molecule has 0 fully saturated rings. The van der Waals surface area contributed by atoms with E-state index in [1.54, 1.807) is 6.20 Å². The quantitative estimate of drug-likeness (QED) is 0.689. The van der Waals surface area contributed by atoms with Crippen molar-refractivity contribution in [3.63, 3.8) is 0 Å². The summed E-state index contributed by atoms with van der Waals surface area (Å²) in [5, 5.41) is 4.58. The van der Waals surface area contributed by atoms with E-state index in [1.165, 1.54) is 33.3 Å². The van der Waals surface area contributed by atoms with Crippen molar-refractivity contribution in [2.24, 2.45) is 0 Å². The van der Waals surface area contributed by atoms with Crippen molar-refractivity contribution in [1.29, 1.82) is 0 Å². The second kappa shape index (κ2) is 5.09. The summed E-state index contributed by atoms with van der Waals surface area (Å²) in [6, 6.07) is 6.23. The van der Waals surface area contributed by atoms with Gasteiger partial charge in [-0.3, -0.25) is 0 Å². The Morgan fingerprint density at radius 2 is 2.05 bits per heavy atom. The van der Waals surface area contributed by atoms with Crippen molar-refractivity contribution in [2.75, 3.05) is 11.1 Å². The highest BCUT2D eigenvalue weighted by atomic mass is 15.1. The molecule has 0 unspecified atom stereocenters. The first-order valence-electron chi connectivity index (χ1n) is 6.95. The van der Waals surface area contributed by atoms with Crippen molar-refractivity contribution in [3.8, 4) is 0 Å². The second-order valence-corrected chi connectivity index (χ2v) is 5.38. The number of rotatable bonds is 3. The topological polar surface area (TPSA) is 79.6 Å². The Balaban J connectivity index is 1.95. The zero-order chi connectivity index (χ0) is 15.0. The second-order valence-electron chi connectivity index (χ2n) is 5.38. The molecule has 0 bridgehead atoms. The smallest absolute Gasteiger partial charge is 0.221 e. The molecule has 21 heavy (non-hydrogen) atoms. The fourth-order valence-corrected chi connectivity index (χ4v) is 2.59.